The molecule has 4 atom stereocenters. The van der Waals surface area contributed by atoms with Crippen LogP contribution >= 0.6 is 0 Å². The van der Waals surface area contributed by atoms with Crippen LogP contribution in [0.3, 0.4) is 0 Å². The van der Waals surface area contributed by atoms with Gasteiger partial charge in [-0.2, -0.15) is 0 Å². The lowest BCUT2D eigenvalue weighted by Gasteiger charge is -2.35. The standard InChI is InChI=1S/C38H52N6O7.C17H21N3O2/c1-37(2,3)31(41-35(48)50-7)33(46)40-29(22-25-14-10-9-11-15-25)30(45)24-44(43-34(47)32(38(4,5)6)42-36(49)51-8)23-26-17-19-27(20-18-26)28-16-12-13-21-39-28;1-17(2,3)22-16(21)20-19-12-13-7-9-14(10-8-13)15-6-4-5-11-18-15/h9-21,29-32,45H,22-24H2,1-8H3,(H,40,46)(H,41,48)(H,42,49)(H,43,47);4-11,19H,12H2,1-3H3,(H,20,21)/t29-,30-,31+,32+;/m0./s1. The first-order valence-corrected chi connectivity index (χ1v) is 23.9. The van der Waals surface area contributed by atoms with Crippen molar-refractivity contribution < 1.29 is 43.3 Å². The molecule has 18 heteroatoms. The fraction of sp³-hybridized carbons (Fsp3) is 0.400. The number of hydrogen-bond donors (Lipinski definition) is 7. The van der Waals surface area contributed by atoms with Crippen LogP contribution in [-0.4, -0.2) is 101 Å². The Kier molecular flexibility index (Phi) is 21.9. The van der Waals surface area contributed by atoms with Gasteiger partial charge in [-0.05, 0) is 79.0 Å². The van der Waals surface area contributed by atoms with Crippen molar-refractivity contribution >= 4 is 30.1 Å². The number of hydrazine groups is 2. The predicted octanol–water partition coefficient (Wildman–Crippen LogP) is 7.49. The maximum atomic E-state index is 13.8. The number of hydrogen-bond acceptors (Lipinski definition) is 13. The van der Waals surface area contributed by atoms with E-state index in [0.29, 0.717) is 6.54 Å². The van der Waals surface area contributed by atoms with Gasteiger partial charge in [-0.1, -0.05) is 133 Å². The van der Waals surface area contributed by atoms with Crippen LogP contribution in [0.1, 0.15) is 79.0 Å². The molecule has 7 N–H and O–H groups in total. The number of ether oxygens (including phenoxy) is 3. The third kappa shape index (κ3) is 20.3. The Morgan fingerprint density at radius 1 is 0.575 bits per heavy atom. The van der Waals surface area contributed by atoms with Crippen LogP contribution in [0.2, 0.25) is 0 Å². The summed E-state index contributed by atoms with van der Waals surface area (Å²) in [5.41, 5.74) is 12.8. The molecule has 0 saturated carbocycles. The summed E-state index contributed by atoms with van der Waals surface area (Å²) in [4.78, 5) is 72.1. The number of amides is 5. The van der Waals surface area contributed by atoms with Gasteiger partial charge in [0.25, 0.3) is 5.91 Å². The van der Waals surface area contributed by atoms with Crippen molar-refractivity contribution in [3.63, 3.8) is 0 Å². The monoisotopic (exact) mass is 1000 g/mol. The molecule has 73 heavy (non-hydrogen) atoms. The van der Waals surface area contributed by atoms with Crippen LogP contribution in [0, 0.1) is 10.8 Å². The molecule has 5 aromatic rings. The molecule has 0 spiro atoms. The van der Waals surface area contributed by atoms with Gasteiger partial charge in [-0.15, -0.1) is 0 Å². The second-order valence-electron chi connectivity index (χ2n) is 20.4. The van der Waals surface area contributed by atoms with Crippen LogP contribution in [0.25, 0.3) is 22.5 Å². The molecular formula is C55H73N9O9. The number of carbonyl (C=O) groups is 5. The van der Waals surface area contributed by atoms with E-state index in [0.717, 1.165) is 39.2 Å². The van der Waals surface area contributed by atoms with E-state index in [9.17, 15) is 29.1 Å². The molecule has 5 rings (SSSR count). The van der Waals surface area contributed by atoms with Gasteiger partial charge in [0.1, 0.15) is 17.7 Å². The van der Waals surface area contributed by atoms with Crippen molar-refractivity contribution in [3.8, 4) is 22.5 Å². The van der Waals surface area contributed by atoms with Crippen LogP contribution in [0.15, 0.2) is 128 Å². The second kappa shape index (κ2) is 27.4. The largest absolute Gasteiger partial charge is 0.453 e. The normalized spacial score (nSPS) is 13.1. The number of alkyl carbamates (subject to hydrolysis) is 2. The highest BCUT2D eigenvalue weighted by Crippen LogP contribution is 2.23. The van der Waals surface area contributed by atoms with E-state index in [1.165, 1.54) is 14.2 Å². The Morgan fingerprint density at radius 2 is 1.05 bits per heavy atom. The fourth-order valence-electron chi connectivity index (χ4n) is 7.23. The first-order chi connectivity index (χ1) is 34.4. The lowest BCUT2D eigenvalue weighted by Crippen LogP contribution is -2.60. The number of aliphatic hydroxyl groups excluding tert-OH is 1. The number of aliphatic hydroxyl groups is 1. The van der Waals surface area contributed by atoms with Gasteiger partial charge < -0.3 is 35.3 Å². The Hall–Kier alpha value is -7.41. The lowest BCUT2D eigenvalue weighted by atomic mass is 9.85. The molecule has 2 heterocycles. The van der Waals surface area contributed by atoms with Crippen LogP contribution < -0.4 is 32.2 Å². The number of methoxy groups -OCH3 is 2. The summed E-state index contributed by atoms with van der Waals surface area (Å²) in [6.07, 6.45) is 0.507. The van der Waals surface area contributed by atoms with E-state index in [4.69, 9.17) is 14.2 Å². The van der Waals surface area contributed by atoms with E-state index in [2.05, 4.69) is 42.2 Å². The minimum absolute atomic E-state index is 0.120. The maximum Gasteiger partial charge on any atom is 0.422 e. The highest BCUT2D eigenvalue weighted by Gasteiger charge is 2.37. The Bertz CT molecular complexity index is 2500. The van der Waals surface area contributed by atoms with Crippen molar-refractivity contribution in [1.82, 2.24) is 47.2 Å². The number of pyridine rings is 2. The fourth-order valence-corrected chi connectivity index (χ4v) is 7.23. The quantitative estimate of drug-likeness (QED) is 0.0334. The van der Waals surface area contributed by atoms with Gasteiger partial charge >= 0.3 is 18.3 Å². The van der Waals surface area contributed by atoms with E-state index < -0.39 is 70.8 Å². The molecule has 0 aliphatic carbocycles. The molecule has 2 aromatic heterocycles. The molecule has 0 unspecified atom stereocenters. The van der Waals surface area contributed by atoms with Crippen molar-refractivity contribution in [2.45, 2.75) is 112 Å². The molecular weight excluding hydrogens is 931 g/mol. The van der Waals surface area contributed by atoms with Gasteiger partial charge in [-0.3, -0.25) is 30.4 Å². The SMILES string of the molecule is CC(C)(C)OC(=O)NNCc1ccc(-c2ccccn2)cc1.COC(=O)N[C@H](C(=O)N[C@@H](Cc1ccccc1)[C@@H](O)CN(Cc1ccc(-c2ccccn2)cc1)NC(=O)[C@@H](NC(=O)OC)C(C)(C)C)C(C)(C)C. The zero-order valence-corrected chi connectivity index (χ0v) is 43.8. The molecule has 0 radical (unpaired) electrons. The molecule has 0 aliphatic rings. The van der Waals surface area contributed by atoms with Crippen molar-refractivity contribution in [2.24, 2.45) is 10.8 Å². The van der Waals surface area contributed by atoms with E-state index in [1.54, 1.807) is 38.2 Å². The Labute approximate surface area is 429 Å². The van der Waals surface area contributed by atoms with Crippen molar-refractivity contribution in [2.75, 3.05) is 20.8 Å². The summed E-state index contributed by atoms with van der Waals surface area (Å²) < 4.78 is 14.7. The van der Waals surface area contributed by atoms with Crippen molar-refractivity contribution in [3.05, 3.63) is 144 Å². The maximum absolute atomic E-state index is 13.8. The van der Waals surface area contributed by atoms with Gasteiger partial charge in [-0.25, -0.2) is 24.8 Å². The summed E-state index contributed by atoms with van der Waals surface area (Å²) in [6, 6.07) is 33.7. The number of rotatable bonds is 18. The van der Waals surface area contributed by atoms with E-state index in [-0.39, 0.29) is 19.5 Å². The van der Waals surface area contributed by atoms with E-state index >= 15 is 0 Å². The van der Waals surface area contributed by atoms with Gasteiger partial charge in [0.05, 0.1) is 37.8 Å². The second-order valence-corrected chi connectivity index (χ2v) is 20.4. The van der Waals surface area contributed by atoms with Gasteiger partial charge in [0.15, 0.2) is 0 Å². The lowest BCUT2D eigenvalue weighted by molar-refractivity contribution is -0.132. The highest BCUT2D eigenvalue weighted by atomic mass is 16.6. The first kappa shape index (κ1) is 58.2. The molecule has 5 amide bonds. The number of nitrogens with zero attached hydrogens (tertiary/aromatic N) is 3. The molecule has 0 aliphatic heterocycles. The summed E-state index contributed by atoms with van der Waals surface area (Å²) in [7, 11) is 2.44. The average Bonchev–Trinajstić information content (AvgIpc) is 3.34. The molecule has 18 nitrogen and oxygen atoms in total. The number of benzene rings is 3. The predicted molar refractivity (Wildman–Crippen MR) is 280 cm³/mol. The van der Waals surface area contributed by atoms with Gasteiger partial charge in [0, 0.05) is 43.2 Å². The summed E-state index contributed by atoms with van der Waals surface area (Å²) in [5.74, 6) is -1.03. The Balaban J connectivity index is 0.000000435. The highest BCUT2D eigenvalue weighted by molar-refractivity contribution is 5.87. The number of nitrogens with one attached hydrogen (secondary N) is 6. The van der Waals surface area contributed by atoms with Crippen LogP contribution in [-0.2, 0) is 43.3 Å². The minimum Gasteiger partial charge on any atom is -0.453 e. The zero-order valence-electron chi connectivity index (χ0n) is 43.8. The minimum atomic E-state index is -1.22. The zero-order chi connectivity index (χ0) is 53.8. The topological polar surface area (TPSA) is 234 Å². The average molecular weight is 1000 g/mol. The molecule has 392 valence electrons. The Morgan fingerprint density at radius 3 is 1.51 bits per heavy atom. The third-order valence-electron chi connectivity index (χ3n) is 11.0. The summed E-state index contributed by atoms with van der Waals surface area (Å²) in [5, 5.41) is 21.6. The van der Waals surface area contributed by atoms with Crippen molar-refractivity contribution in [1.29, 1.82) is 0 Å². The van der Waals surface area contributed by atoms with E-state index in [1.807, 2.05) is 157 Å². The molecule has 0 fully saturated rings. The molecule has 0 saturated heterocycles. The number of carbonyl (C=O) groups excluding carboxylic acids is 5. The summed E-state index contributed by atoms with van der Waals surface area (Å²) in [6.45, 7) is 16.9. The summed E-state index contributed by atoms with van der Waals surface area (Å²) >= 11 is 0. The van der Waals surface area contributed by atoms with Crippen LogP contribution in [0.5, 0.6) is 0 Å². The van der Waals surface area contributed by atoms with Crippen LogP contribution in [0.4, 0.5) is 14.4 Å². The molecule has 3 aromatic carbocycles. The smallest absolute Gasteiger partial charge is 0.422 e. The van der Waals surface area contributed by atoms with Gasteiger partial charge in [0.2, 0.25) is 5.91 Å². The number of aromatic nitrogens is 2. The molecule has 0 bridgehead atoms. The first-order valence-electron chi connectivity index (χ1n) is 23.9. The third-order valence-corrected chi connectivity index (χ3v) is 11.0.